The molecule has 1 aromatic carbocycles. The van der Waals surface area contributed by atoms with Crippen molar-refractivity contribution in [2.24, 2.45) is 0 Å². The molecule has 1 fully saturated rings. The summed E-state index contributed by atoms with van der Waals surface area (Å²) in [7, 11) is 0. The molecule has 2 rings (SSSR count). The molecule has 0 bridgehead atoms. The topological polar surface area (TPSA) is 29.5 Å². The molecule has 0 amide bonds. The van der Waals surface area contributed by atoms with Gasteiger partial charge < -0.3 is 4.74 Å². The highest BCUT2D eigenvalue weighted by atomic mass is 19.4. The Morgan fingerprint density at radius 2 is 1.91 bits per heavy atom. The summed E-state index contributed by atoms with van der Waals surface area (Å²) < 4.78 is 56.5. The fraction of sp³-hybridized carbons (Fsp3) is 0.533. The van der Waals surface area contributed by atoms with E-state index in [0.29, 0.717) is 37.6 Å². The van der Waals surface area contributed by atoms with Gasteiger partial charge in [-0.3, -0.25) is 9.69 Å². The van der Waals surface area contributed by atoms with Gasteiger partial charge in [-0.25, -0.2) is 4.39 Å². The van der Waals surface area contributed by atoms with Crippen molar-refractivity contribution < 1.29 is 27.1 Å². The number of likely N-dealkylation sites (tertiary alicyclic amines) is 1. The number of nitrogens with zero attached hydrogens (tertiary/aromatic N) is 1. The zero-order valence-corrected chi connectivity index (χ0v) is 12.1. The molecule has 0 unspecified atom stereocenters. The highest BCUT2D eigenvalue weighted by molar-refractivity contribution is 5.66. The molecule has 0 N–H and O–H groups in total. The van der Waals surface area contributed by atoms with Gasteiger partial charge in [0.1, 0.15) is 11.9 Å². The van der Waals surface area contributed by atoms with Crippen LogP contribution in [0.15, 0.2) is 18.2 Å². The number of benzene rings is 1. The third kappa shape index (κ3) is 4.69. The molecule has 1 heterocycles. The summed E-state index contributed by atoms with van der Waals surface area (Å²) in [5.74, 6) is -1.22. The lowest BCUT2D eigenvalue weighted by Gasteiger charge is -2.31. The first-order valence-electron chi connectivity index (χ1n) is 7.00. The standard InChI is InChI=1S/C15H17F4NO2/c1-10(21)22-14-2-4-20(5-3-14)9-11-6-12(15(17,18)19)8-13(16)7-11/h6-8,14H,2-5,9H2,1H3. The molecule has 22 heavy (non-hydrogen) atoms. The van der Waals surface area contributed by atoms with E-state index in [9.17, 15) is 22.4 Å². The predicted molar refractivity (Wildman–Crippen MR) is 71.5 cm³/mol. The molecule has 1 saturated heterocycles. The number of hydrogen-bond acceptors (Lipinski definition) is 3. The van der Waals surface area contributed by atoms with E-state index in [1.807, 2.05) is 4.90 Å². The highest BCUT2D eigenvalue weighted by Crippen LogP contribution is 2.31. The summed E-state index contributed by atoms with van der Waals surface area (Å²) in [5.41, 5.74) is -0.685. The average molecular weight is 319 g/mol. The number of hydrogen-bond donors (Lipinski definition) is 0. The Labute approximate surface area is 125 Å². The van der Waals surface area contributed by atoms with E-state index in [2.05, 4.69) is 0 Å². The van der Waals surface area contributed by atoms with Gasteiger partial charge in [-0.1, -0.05) is 0 Å². The average Bonchev–Trinajstić information content (AvgIpc) is 2.39. The van der Waals surface area contributed by atoms with Crippen LogP contribution in [-0.2, 0) is 22.3 Å². The van der Waals surface area contributed by atoms with Crippen LogP contribution in [0.5, 0.6) is 0 Å². The van der Waals surface area contributed by atoms with Gasteiger partial charge in [0.05, 0.1) is 5.56 Å². The van der Waals surface area contributed by atoms with Gasteiger partial charge in [0, 0.05) is 26.6 Å². The number of alkyl halides is 3. The normalized spacial score (nSPS) is 17.5. The van der Waals surface area contributed by atoms with E-state index in [1.165, 1.54) is 6.92 Å². The number of esters is 1. The zero-order chi connectivity index (χ0) is 16.3. The SMILES string of the molecule is CC(=O)OC1CCN(Cc2cc(F)cc(C(F)(F)F)c2)CC1. The van der Waals surface area contributed by atoms with Gasteiger partial charge in [0.2, 0.25) is 0 Å². The number of piperidine rings is 1. The van der Waals surface area contributed by atoms with Crippen LogP contribution in [0.25, 0.3) is 0 Å². The van der Waals surface area contributed by atoms with Crippen LogP contribution in [0.1, 0.15) is 30.9 Å². The molecule has 1 aliphatic heterocycles. The smallest absolute Gasteiger partial charge is 0.416 e. The van der Waals surface area contributed by atoms with Crippen molar-refractivity contribution in [2.45, 2.75) is 38.6 Å². The number of ether oxygens (including phenoxy) is 1. The molecule has 0 spiro atoms. The summed E-state index contributed by atoms with van der Waals surface area (Å²) in [4.78, 5) is 12.8. The van der Waals surface area contributed by atoms with Crippen molar-refractivity contribution in [3.05, 3.63) is 35.1 Å². The Morgan fingerprint density at radius 1 is 1.27 bits per heavy atom. The summed E-state index contributed by atoms with van der Waals surface area (Å²) in [5, 5.41) is 0. The van der Waals surface area contributed by atoms with Crippen LogP contribution in [0.3, 0.4) is 0 Å². The molecule has 0 radical (unpaired) electrons. The second-order valence-corrected chi connectivity index (χ2v) is 5.43. The third-order valence-electron chi connectivity index (χ3n) is 3.56. The second kappa shape index (κ2) is 6.64. The Morgan fingerprint density at radius 3 is 2.45 bits per heavy atom. The summed E-state index contributed by atoms with van der Waals surface area (Å²) in [6.07, 6.45) is -3.45. The van der Waals surface area contributed by atoms with Gasteiger partial charge in [-0.15, -0.1) is 0 Å². The molecule has 1 aliphatic rings. The lowest BCUT2D eigenvalue weighted by Crippen LogP contribution is -2.37. The van der Waals surface area contributed by atoms with Crippen molar-refractivity contribution in [3.8, 4) is 0 Å². The third-order valence-corrected chi connectivity index (χ3v) is 3.56. The van der Waals surface area contributed by atoms with E-state index < -0.39 is 17.6 Å². The maximum absolute atomic E-state index is 13.3. The van der Waals surface area contributed by atoms with Crippen molar-refractivity contribution in [1.82, 2.24) is 4.90 Å². The van der Waals surface area contributed by atoms with Crippen LogP contribution in [0.4, 0.5) is 17.6 Å². The summed E-state index contributed by atoms with van der Waals surface area (Å²) in [6, 6.07) is 2.59. The first-order chi connectivity index (χ1) is 10.2. The Hall–Kier alpha value is -1.63. The fourth-order valence-corrected chi connectivity index (χ4v) is 2.58. The van der Waals surface area contributed by atoms with E-state index in [1.54, 1.807) is 0 Å². The van der Waals surface area contributed by atoms with Crippen molar-refractivity contribution in [1.29, 1.82) is 0 Å². The van der Waals surface area contributed by atoms with Gasteiger partial charge >= 0.3 is 12.1 Å². The van der Waals surface area contributed by atoms with Gasteiger partial charge in [0.25, 0.3) is 0 Å². The molecule has 3 nitrogen and oxygen atoms in total. The van der Waals surface area contributed by atoms with E-state index >= 15 is 0 Å². The molecule has 1 aromatic rings. The molecular formula is C15H17F4NO2. The molecular weight excluding hydrogens is 302 g/mol. The minimum absolute atomic E-state index is 0.146. The quantitative estimate of drug-likeness (QED) is 0.632. The Balaban J connectivity index is 1.97. The van der Waals surface area contributed by atoms with E-state index in [0.717, 1.165) is 12.1 Å². The lowest BCUT2D eigenvalue weighted by atomic mass is 10.1. The molecule has 0 atom stereocenters. The van der Waals surface area contributed by atoms with Crippen molar-refractivity contribution in [3.63, 3.8) is 0 Å². The van der Waals surface area contributed by atoms with Gasteiger partial charge in [-0.05, 0) is 36.6 Å². The first kappa shape index (κ1) is 16.7. The molecule has 7 heteroatoms. The van der Waals surface area contributed by atoms with E-state index in [4.69, 9.17) is 4.74 Å². The molecule has 122 valence electrons. The van der Waals surface area contributed by atoms with Crippen LogP contribution < -0.4 is 0 Å². The Kier molecular flexibility index (Phi) is 5.05. The van der Waals surface area contributed by atoms with Crippen molar-refractivity contribution in [2.75, 3.05) is 13.1 Å². The van der Waals surface area contributed by atoms with Gasteiger partial charge in [-0.2, -0.15) is 13.2 Å². The fourth-order valence-electron chi connectivity index (χ4n) is 2.58. The van der Waals surface area contributed by atoms with Crippen LogP contribution in [0, 0.1) is 5.82 Å². The minimum atomic E-state index is -4.56. The minimum Gasteiger partial charge on any atom is -0.462 e. The maximum atomic E-state index is 13.3. The second-order valence-electron chi connectivity index (χ2n) is 5.43. The summed E-state index contributed by atoms with van der Waals surface area (Å²) in [6.45, 7) is 2.77. The highest BCUT2D eigenvalue weighted by Gasteiger charge is 2.31. The monoisotopic (exact) mass is 319 g/mol. The van der Waals surface area contributed by atoms with E-state index in [-0.39, 0.29) is 18.6 Å². The van der Waals surface area contributed by atoms with Gasteiger partial charge in [0.15, 0.2) is 0 Å². The number of carbonyl (C=O) groups excluding carboxylic acids is 1. The first-order valence-corrected chi connectivity index (χ1v) is 7.00. The largest absolute Gasteiger partial charge is 0.462 e. The molecule has 0 aromatic heterocycles. The van der Waals surface area contributed by atoms with Crippen LogP contribution in [0.2, 0.25) is 0 Å². The molecule has 0 saturated carbocycles. The number of carbonyl (C=O) groups is 1. The molecule has 0 aliphatic carbocycles. The van der Waals surface area contributed by atoms with Crippen LogP contribution >= 0.6 is 0 Å². The number of halogens is 4. The number of rotatable bonds is 3. The lowest BCUT2D eigenvalue weighted by molar-refractivity contribution is -0.148. The maximum Gasteiger partial charge on any atom is 0.416 e. The zero-order valence-electron chi connectivity index (χ0n) is 12.1. The Bertz CT molecular complexity index is 537. The van der Waals surface area contributed by atoms with Crippen LogP contribution in [-0.4, -0.2) is 30.1 Å². The van der Waals surface area contributed by atoms with Crippen molar-refractivity contribution >= 4 is 5.97 Å². The summed E-state index contributed by atoms with van der Waals surface area (Å²) >= 11 is 0. The predicted octanol–water partition coefficient (Wildman–Crippen LogP) is 3.37.